The molecule has 0 bridgehead atoms. The van der Waals surface area contributed by atoms with Gasteiger partial charge in [0.1, 0.15) is 17.4 Å². The van der Waals surface area contributed by atoms with Crippen LogP contribution in [-0.2, 0) is 0 Å². The Kier molecular flexibility index (Phi) is 4.32. The number of rotatable bonds is 5. The van der Waals surface area contributed by atoms with Crippen molar-refractivity contribution < 1.29 is 0 Å². The van der Waals surface area contributed by atoms with Gasteiger partial charge in [0.2, 0.25) is 5.95 Å². The van der Waals surface area contributed by atoms with E-state index in [0.717, 1.165) is 29.8 Å². The number of aryl methyl sites for hydroxylation is 1. The van der Waals surface area contributed by atoms with Crippen molar-refractivity contribution in [2.45, 2.75) is 20.8 Å². The number of nitrogens with zero attached hydrogens (tertiary/aromatic N) is 5. The highest BCUT2D eigenvalue weighted by Crippen LogP contribution is 2.23. The molecule has 0 aliphatic heterocycles. The molecular weight excluding hydrogens is 288 g/mol. The maximum atomic E-state index is 4.66. The molecule has 6 nitrogen and oxygen atoms in total. The highest BCUT2D eigenvalue weighted by Gasteiger charge is 2.11. The summed E-state index contributed by atoms with van der Waals surface area (Å²) in [6.45, 7) is 7.95. The van der Waals surface area contributed by atoms with Crippen LogP contribution in [0.1, 0.15) is 19.4 Å². The van der Waals surface area contributed by atoms with Crippen LogP contribution in [0.4, 0.5) is 17.5 Å². The van der Waals surface area contributed by atoms with Crippen molar-refractivity contribution in [3.8, 4) is 0 Å². The Morgan fingerprint density at radius 3 is 2.65 bits per heavy atom. The third kappa shape index (κ3) is 3.21. The van der Waals surface area contributed by atoms with Gasteiger partial charge in [0.15, 0.2) is 5.82 Å². The molecule has 1 N–H and O–H groups in total. The summed E-state index contributed by atoms with van der Waals surface area (Å²) in [5.41, 5.74) is 3.62. The average Bonchev–Trinajstić information content (AvgIpc) is 2.56. The lowest BCUT2D eigenvalue weighted by molar-refractivity contribution is 0.825. The summed E-state index contributed by atoms with van der Waals surface area (Å²) in [7, 11) is 0. The second-order valence-corrected chi connectivity index (χ2v) is 5.29. The van der Waals surface area contributed by atoms with Gasteiger partial charge in [-0.3, -0.25) is 0 Å². The Balaban J connectivity index is 2.04. The van der Waals surface area contributed by atoms with Crippen LogP contribution in [0.5, 0.6) is 0 Å². The van der Waals surface area contributed by atoms with E-state index in [1.165, 1.54) is 11.9 Å². The van der Waals surface area contributed by atoms with E-state index in [4.69, 9.17) is 0 Å². The van der Waals surface area contributed by atoms with E-state index in [1.54, 1.807) is 6.20 Å². The van der Waals surface area contributed by atoms with Crippen LogP contribution in [-0.4, -0.2) is 33.0 Å². The van der Waals surface area contributed by atoms with Crippen molar-refractivity contribution in [2.75, 3.05) is 23.3 Å². The van der Waals surface area contributed by atoms with Crippen LogP contribution in [0.25, 0.3) is 11.0 Å². The molecular formula is C17H20N6. The van der Waals surface area contributed by atoms with Crippen LogP contribution in [0.15, 0.2) is 36.8 Å². The largest absolute Gasteiger partial charge is 0.341 e. The van der Waals surface area contributed by atoms with Gasteiger partial charge in [-0.25, -0.2) is 19.9 Å². The third-order valence-electron chi connectivity index (χ3n) is 3.69. The van der Waals surface area contributed by atoms with Crippen LogP contribution in [0.2, 0.25) is 0 Å². The monoisotopic (exact) mass is 308 g/mol. The van der Waals surface area contributed by atoms with Gasteiger partial charge in [-0.1, -0.05) is 12.1 Å². The number of fused-ring (bicyclic) bond motifs is 1. The van der Waals surface area contributed by atoms with E-state index in [0.29, 0.717) is 11.8 Å². The van der Waals surface area contributed by atoms with Crippen molar-refractivity contribution in [1.82, 2.24) is 19.9 Å². The van der Waals surface area contributed by atoms with Gasteiger partial charge in [-0.05, 0) is 38.5 Å². The summed E-state index contributed by atoms with van der Waals surface area (Å²) in [6, 6.07) is 8.15. The van der Waals surface area contributed by atoms with Gasteiger partial charge < -0.3 is 10.2 Å². The first-order valence-electron chi connectivity index (χ1n) is 7.77. The third-order valence-corrected chi connectivity index (χ3v) is 3.69. The average molecular weight is 308 g/mol. The molecule has 3 rings (SSSR count). The summed E-state index contributed by atoms with van der Waals surface area (Å²) in [5.74, 6) is 1.39. The van der Waals surface area contributed by atoms with Crippen LogP contribution in [0, 0.1) is 6.92 Å². The molecule has 0 fully saturated rings. The maximum Gasteiger partial charge on any atom is 0.226 e. The molecule has 0 spiro atoms. The van der Waals surface area contributed by atoms with Crippen molar-refractivity contribution in [3.05, 3.63) is 42.4 Å². The Bertz CT molecular complexity index is 813. The molecule has 3 aromatic rings. The van der Waals surface area contributed by atoms with Crippen LogP contribution < -0.4 is 10.2 Å². The first kappa shape index (κ1) is 15.1. The summed E-state index contributed by atoms with van der Waals surface area (Å²) in [4.78, 5) is 19.8. The van der Waals surface area contributed by atoms with Crippen molar-refractivity contribution in [2.24, 2.45) is 0 Å². The molecule has 0 atom stereocenters. The summed E-state index contributed by atoms with van der Waals surface area (Å²) >= 11 is 0. The van der Waals surface area contributed by atoms with Crippen LogP contribution >= 0.6 is 0 Å². The van der Waals surface area contributed by atoms with Gasteiger partial charge >= 0.3 is 0 Å². The smallest absolute Gasteiger partial charge is 0.226 e. The standard InChI is InChI=1S/C17H20N6/c1-4-23(5-2)17-18-10-14-15(22-17)16(20-11-19-14)21-13-8-6-7-12(3)9-13/h6-11H,4-5H2,1-3H3,(H,19,20,21). The minimum Gasteiger partial charge on any atom is -0.341 e. The zero-order chi connectivity index (χ0) is 16.2. The molecule has 0 amide bonds. The molecule has 0 saturated heterocycles. The van der Waals surface area contributed by atoms with E-state index < -0.39 is 0 Å². The molecule has 0 unspecified atom stereocenters. The van der Waals surface area contributed by atoms with Crippen molar-refractivity contribution in [1.29, 1.82) is 0 Å². The fourth-order valence-electron chi connectivity index (χ4n) is 2.45. The highest BCUT2D eigenvalue weighted by molar-refractivity contribution is 5.87. The molecule has 2 heterocycles. The quantitative estimate of drug-likeness (QED) is 0.780. The van der Waals surface area contributed by atoms with Gasteiger partial charge in [0.25, 0.3) is 0 Å². The van der Waals surface area contributed by atoms with Gasteiger partial charge in [0, 0.05) is 18.8 Å². The molecule has 0 aliphatic rings. The second kappa shape index (κ2) is 6.56. The van der Waals surface area contributed by atoms with Gasteiger partial charge in [0.05, 0.1) is 6.20 Å². The summed E-state index contributed by atoms with van der Waals surface area (Å²) in [5, 5.41) is 3.33. The van der Waals surface area contributed by atoms with E-state index >= 15 is 0 Å². The lowest BCUT2D eigenvalue weighted by atomic mass is 10.2. The topological polar surface area (TPSA) is 66.8 Å². The van der Waals surface area contributed by atoms with E-state index in [-0.39, 0.29) is 0 Å². The minimum atomic E-state index is 0.691. The predicted molar refractivity (Wildman–Crippen MR) is 93.2 cm³/mol. The van der Waals surface area contributed by atoms with Crippen molar-refractivity contribution >= 4 is 28.5 Å². The molecule has 0 radical (unpaired) electrons. The Morgan fingerprint density at radius 2 is 1.91 bits per heavy atom. The number of nitrogens with one attached hydrogen (secondary N) is 1. The second-order valence-electron chi connectivity index (χ2n) is 5.29. The SMILES string of the molecule is CCN(CC)c1ncc2ncnc(Nc3cccc(C)c3)c2n1. The number of anilines is 3. The maximum absolute atomic E-state index is 4.66. The first-order valence-corrected chi connectivity index (χ1v) is 7.77. The number of benzene rings is 1. The van der Waals surface area contributed by atoms with E-state index in [2.05, 4.69) is 63.1 Å². The molecule has 6 heteroatoms. The Labute approximate surface area is 135 Å². The number of aromatic nitrogens is 4. The molecule has 118 valence electrons. The normalized spacial score (nSPS) is 10.7. The zero-order valence-corrected chi connectivity index (χ0v) is 13.6. The highest BCUT2D eigenvalue weighted by atomic mass is 15.2. The van der Waals surface area contributed by atoms with Crippen molar-refractivity contribution in [3.63, 3.8) is 0 Å². The number of hydrogen-bond donors (Lipinski definition) is 1. The molecule has 23 heavy (non-hydrogen) atoms. The lowest BCUT2D eigenvalue weighted by Crippen LogP contribution is -2.24. The van der Waals surface area contributed by atoms with E-state index in [9.17, 15) is 0 Å². The fourth-order valence-corrected chi connectivity index (χ4v) is 2.45. The van der Waals surface area contributed by atoms with Crippen LogP contribution in [0.3, 0.4) is 0 Å². The Hall–Kier alpha value is -2.76. The first-order chi connectivity index (χ1) is 11.2. The summed E-state index contributed by atoms with van der Waals surface area (Å²) in [6.07, 6.45) is 3.28. The Morgan fingerprint density at radius 1 is 1.09 bits per heavy atom. The molecule has 1 aromatic carbocycles. The fraction of sp³-hybridized carbons (Fsp3) is 0.294. The van der Waals surface area contributed by atoms with Gasteiger partial charge in [-0.2, -0.15) is 0 Å². The summed E-state index contributed by atoms with van der Waals surface area (Å²) < 4.78 is 0. The van der Waals surface area contributed by atoms with Gasteiger partial charge in [-0.15, -0.1) is 0 Å². The lowest BCUT2D eigenvalue weighted by Gasteiger charge is -2.18. The minimum absolute atomic E-state index is 0.691. The molecule has 2 aromatic heterocycles. The molecule has 0 aliphatic carbocycles. The predicted octanol–water partition coefficient (Wildman–Crippen LogP) is 3.32. The van der Waals surface area contributed by atoms with E-state index in [1.807, 2.05) is 12.1 Å². The zero-order valence-electron chi connectivity index (χ0n) is 13.6. The molecule has 0 saturated carbocycles. The number of hydrogen-bond acceptors (Lipinski definition) is 6.